The Kier molecular flexibility index (Phi) is 19.1. The van der Waals surface area contributed by atoms with Crippen molar-refractivity contribution in [3.05, 3.63) is 82.2 Å². The van der Waals surface area contributed by atoms with Crippen LogP contribution in [0.2, 0.25) is 0 Å². The van der Waals surface area contributed by atoms with Crippen molar-refractivity contribution in [3.63, 3.8) is 0 Å². The Labute approximate surface area is 417 Å². The summed E-state index contributed by atoms with van der Waals surface area (Å²) in [5.41, 5.74) is 5.43. The number of carbonyl (C=O) groups excluding carboxylic acids is 3. The van der Waals surface area contributed by atoms with Crippen molar-refractivity contribution in [1.82, 2.24) is 24.6 Å². The van der Waals surface area contributed by atoms with Gasteiger partial charge in [0.25, 0.3) is 11.8 Å². The van der Waals surface area contributed by atoms with Crippen molar-refractivity contribution in [2.75, 3.05) is 114 Å². The smallest absolute Gasteiger partial charge is 0.257 e. The molecule has 2 atom stereocenters. The van der Waals surface area contributed by atoms with Gasteiger partial charge in [0.1, 0.15) is 31.4 Å². The van der Waals surface area contributed by atoms with E-state index in [9.17, 15) is 14.4 Å². The number of rotatable bonds is 27. The molecule has 0 unspecified atom stereocenters. The van der Waals surface area contributed by atoms with Crippen molar-refractivity contribution in [2.45, 2.75) is 65.3 Å². The van der Waals surface area contributed by atoms with E-state index in [1.807, 2.05) is 62.3 Å². The third-order valence-electron chi connectivity index (χ3n) is 12.7. The SMILES string of the molecule is C/C=C1\C[C@H]2C=Nc3cc(OCc4cc(OCCN(CCOCCOCCOCCC(C)=O)CCN(C)C)cc(COc5cc6c(cc5OC)C(=O)N5C/C(=C/C)C[C@H]5C=N6)n4)c(OC)cc3C(=O)N2C1. The van der Waals surface area contributed by atoms with Crippen LogP contribution in [0.15, 0.2) is 69.7 Å². The molecular weight excluding hydrogens is 911 g/mol. The minimum absolute atomic E-state index is 0.0326. The van der Waals surface area contributed by atoms with E-state index >= 15 is 0 Å². The van der Waals surface area contributed by atoms with Crippen LogP contribution in [-0.4, -0.2) is 181 Å². The number of nitrogens with zero attached hydrogens (tertiary/aromatic N) is 7. The highest BCUT2D eigenvalue weighted by molar-refractivity contribution is 6.04. The first-order valence-corrected chi connectivity index (χ1v) is 24.4. The number of hydrogen-bond acceptors (Lipinski definition) is 16. The van der Waals surface area contributed by atoms with Gasteiger partial charge >= 0.3 is 0 Å². The molecule has 2 aromatic carbocycles. The maximum atomic E-state index is 13.8. The number of allylic oxidation sites excluding steroid dienone is 2. The van der Waals surface area contributed by atoms with Crippen molar-refractivity contribution in [3.8, 4) is 28.7 Å². The lowest BCUT2D eigenvalue weighted by molar-refractivity contribution is -0.118. The molecule has 4 aliphatic heterocycles. The number of aromatic nitrogens is 1. The molecule has 382 valence electrons. The molecule has 0 radical (unpaired) electrons. The highest BCUT2D eigenvalue weighted by Gasteiger charge is 2.36. The van der Waals surface area contributed by atoms with Crippen LogP contribution in [0.4, 0.5) is 11.4 Å². The van der Waals surface area contributed by atoms with E-state index in [2.05, 4.69) is 22.0 Å². The Balaban J connectivity index is 1.04. The van der Waals surface area contributed by atoms with E-state index in [1.165, 1.54) is 11.1 Å². The molecule has 71 heavy (non-hydrogen) atoms. The molecule has 4 aliphatic rings. The Hall–Kier alpha value is -6.18. The van der Waals surface area contributed by atoms with Gasteiger partial charge in [0, 0.05) is 82.4 Å². The number of ether oxygens (including phenoxy) is 8. The summed E-state index contributed by atoms with van der Waals surface area (Å²) < 4.78 is 47.7. The number of methoxy groups -OCH3 is 2. The molecule has 2 saturated heterocycles. The van der Waals surface area contributed by atoms with Crippen LogP contribution in [0.5, 0.6) is 28.7 Å². The Morgan fingerprint density at radius 1 is 0.634 bits per heavy atom. The average molecular weight is 980 g/mol. The fourth-order valence-electron chi connectivity index (χ4n) is 8.60. The van der Waals surface area contributed by atoms with Crippen molar-refractivity contribution < 1.29 is 52.3 Å². The second-order valence-corrected chi connectivity index (χ2v) is 18.0. The molecule has 18 heteroatoms. The summed E-state index contributed by atoms with van der Waals surface area (Å²) in [6.45, 7) is 12.8. The molecule has 3 aromatic rings. The zero-order valence-electron chi connectivity index (χ0n) is 42.3. The summed E-state index contributed by atoms with van der Waals surface area (Å²) in [5.74, 6) is 2.07. The van der Waals surface area contributed by atoms with Crippen LogP contribution in [0.25, 0.3) is 0 Å². The third-order valence-corrected chi connectivity index (χ3v) is 12.7. The molecule has 2 amide bonds. The third kappa shape index (κ3) is 14.3. The Morgan fingerprint density at radius 3 is 1.61 bits per heavy atom. The van der Waals surface area contributed by atoms with Gasteiger partial charge in [-0.15, -0.1) is 0 Å². The number of fused-ring (bicyclic) bond motifs is 4. The van der Waals surface area contributed by atoms with Gasteiger partial charge in [-0.3, -0.25) is 34.3 Å². The van der Waals surface area contributed by atoms with Crippen LogP contribution >= 0.6 is 0 Å². The van der Waals surface area contributed by atoms with Crippen LogP contribution in [0.1, 0.15) is 72.1 Å². The standard InChI is InChI=1S/C53H69N7O11/c1-8-37-22-41-30-54-46-28-50(48(64-6)26-44(46)52(62)59(41)32-37)70-34-39-24-43(69-17-14-58(12-11-57(4)5)13-16-67-19-21-68-20-18-66-15-10-36(3)61)25-40(56-39)35-71-51-29-47-45(27-49(51)65-7)53(63)60-33-38(9-2)23-42(60)31-55-47/h8-9,24-31,41-42H,10-23,32-35H2,1-7H3/b37-8+,38-9+/t41-,42-/m0/s1. The highest BCUT2D eigenvalue weighted by Crippen LogP contribution is 2.41. The van der Waals surface area contributed by atoms with E-state index in [0.29, 0.717) is 141 Å². The fraction of sp³-hybridized carbons (Fsp3) is 0.509. The van der Waals surface area contributed by atoms with Crippen LogP contribution < -0.4 is 23.7 Å². The van der Waals surface area contributed by atoms with E-state index in [-0.39, 0.29) is 42.9 Å². The van der Waals surface area contributed by atoms with E-state index in [1.54, 1.807) is 45.4 Å². The number of hydrogen-bond donors (Lipinski definition) is 0. The lowest BCUT2D eigenvalue weighted by atomic mass is 10.1. The monoisotopic (exact) mass is 980 g/mol. The van der Waals surface area contributed by atoms with Gasteiger partial charge in [0.2, 0.25) is 0 Å². The molecule has 0 bridgehead atoms. The minimum atomic E-state index is -0.115. The number of likely N-dealkylation sites (N-methyl/N-ethyl adjacent to an activating group) is 1. The summed E-state index contributed by atoms with van der Waals surface area (Å²) >= 11 is 0. The molecule has 1 aromatic heterocycles. The minimum Gasteiger partial charge on any atom is -0.493 e. The lowest BCUT2D eigenvalue weighted by Gasteiger charge is -2.24. The topological polar surface area (TPSA) is 176 Å². The lowest BCUT2D eigenvalue weighted by Crippen LogP contribution is -2.37. The normalized spacial score (nSPS) is 18.2. The molecule has 0 aliphatic carbocycles. The Bertz CT molecular complexity index is 2340. The number of aliphatic imine (C=N–C) groups is 2. The summed E-state index contributed by atoms with van der Waals surface area (Å²) in [6.07, 6.45) is 9.70. The highest BCUT2D eigenvalue weighted by atomic mass is 16.5. The molecule has 0 saturated carbocycles. The van der Waals surface area contributed by atoms with Gasteiger partial charge in [-0.25, -0.2) is 0 Å². The first-order chi connectivity index (χ1) is 34.5. The first-order valence-electron chi connectivity index (χ1n) is 24.4. The van der Waals surface area contributed by atoms with Gasteiger partial charge in [0.15, 0.2) is 23.0 Å². The number of ketones is 1. The predicted molar refractivity (Wildman–Crippen MR) is 270 cm³/mol. The van der Waals surface area contributed by atoms with Gasteiger partial charge in [0.05, 0.1) is 99.8 Å². The van der Waals surface area contributed by atoms with Crippen molar-refractivity contribution in [1.29, 1.82) is 0 Å². The maximum absolute atomic E-state index is 13.8. The van der Waals surface area contributed by atoms with E-state index in [0.717, 1.165) is 25.9 Å². The zero-order valence-corrected chi connectivity index (χ0v) is 42.3. The van der Waals surface area contributed by atoms with Crippen molar-refractivity contribution in [2.24, 2.45) is 9.98 Å². The molecule has 5 heterocycles. The summed E-state index contributed by atoms with van der Waals surface area (Å²) in [7, 11) is 7.17. The quantitative estimate of drug-likeness (QED) is 0.0616. The predicted octanol–water partition coefficient (Wildman–Crippen LogP) is 6.28. The van der Waals surface area contributed by atoms with Crippen LogP contribution in [0, 0.1) is 0 Å². The van der Waals surface area contributed by atoms with Crippen molar-refractivity contribution >= 4 is 41.4 Å². The van der Waals surface area contributed by atoms with Gasteiger partial charge in [-0.1, -0.05) is 23.3 Å². The number of amides is 2. The number of Topliss-reactive ketones (excluding diaryl/α,β-unsaturated/α-hetero) is 1. The molecule has 0 N–H and O–H groups in total. The average Bonchev–Trinajstić information content (AvgIpc) is 3.94. The number of benzene rings is 2. The van der Waals surface area contributed by atoms with E-state index < -0.39 is 0 Å². The number of pyridine rings is 1. The Morgan fingerprint density at radius 2 is 1.13 bits per heavy atom. The van der Waals surface area contributed by atoms with Gasteiger partial charge < -0.3 is 52.6 Å². The molecular formula is C53H69N7O11. The second-order valence-electron chi connectivity index (χ2n) is 18.0. The molecule has 18 nitrogen and oxygen atoms in total. The second kappa shape index (κ2) is 25.8. The molecule has 7 rings (SSSR count). The molecule has 0 spiro atoms. The zero-order chi connectivity index (χ0) is 50.3. The van der Waals surface area contributed by atoms with Gasteiger partial charge in [-0.05, 0) is 59.8 Å². The van der Waals surface area contributed by atoms with Crippen LogP contribution in [0.3, 0.4) is 0 Å². The summed E-state index contributed by atoms with van der Waals surface area (Å²) in [5, 5.41) is 0. The van der Waals surface area contributed by atoms with Crippen LogP contribution in [-0.2, 0) is 32.2 Å². The van der Waals surface area contributed by atoms with Gasteiger partial charge in [-0.2, -0.15) is 0 Å². The largest absolute Gasteiger partial charge is 0.493 e. The maximum Gasteiger partial charge on any atom is 0.257 e. The summed E-state index contributed by atoms with van der Waals surface area (Å²) in [6, 6.07) is 10.3. The molecule has 2 fully saturated rings. The van der Waals surface area contributed by atoms with E-state index in [4.69, 9.17) is 52.9 Å². The number of carbonyl (C=O) groups is 3. The first kappa shape index (κ1) is 52.6. The summed E-state index contributed by atoms with van der Waals surface area (Å²) in [4.78, 5) is 61.1. The fourth-order valence-corrected chi connectivity index (χ4v) is 8.60.